The second kappa shape index (κ2) is 9.26. The summed E-state index contributed by atoms with van der Waals surface area (Å²) in [5.41, 5.74) is 3.35. The fourth-order valence-corrected chi connectivity index (χ4v) is 2.37. The maximum Gasteiger partial charge on any atom is 0.176 e. The van der Waals surface area contributed by atoms with Crippen molar-refractivity contribution in [2.24, 2.45) is 0 Å². The van der Waals surface area contributed by atoms with Gasteiger partial charge in [-0.2, -0.15) is 0 Å². The lowest BCUT2D eigenvalue weighted by Gasteiger charge is -2.20. The molecule has 2 aromatic rings. The third-order valence-electron chi connectivity index (χ3n) is 3.57. The maximum atomic E-state index is 6.19. The van der Waals surface area contributed by atoms with E-state index in [-0.39, 0.29) is 12.4 Å². The summed E-state index contributed by atoms with van der Waals surface area (Å²) < 4.78 is 16.6. The van der Waals surface area contributed by atoms with Gasteiger partial charge in [-0.25, -0.2) is 0 Å². The van der Waals surface area contributed by atoms with Gasteiger partial charge < -0.3 is 14.2 Å². The Balaban J connectivity index is 2.13. The zero-order valence-electron chi connectivity index (χ0n) is 13.9. The molecule has 2 aromatic carbocycles. The van der Waals surface area contributed by atoms with E-state index in [0.29, 0.717) is 6.61 Å². The van der Waals surface area contributed by atoms with Crippen molar-refractivity contribution in [2.45, 2.75) is 19.3 Å². The van der Waals surface area contributed by atoms with Gasteiger partial charge in [0.25, 0.3) is 0 Å². The number of hydrogen-bond acceptors (Lipinski definition) is 3. The van der Waals surface area contributed by atoms with Crippen molar-refractivity contribution in [1.82, 2.24) is 0 Å². The summed E-state index contributed by atoms with van der Waals surface area (Å²) in [5, 5.41) is 0. The highest BCUT2D eigenvalue weighted by molar-refractivity contribution is 5.30. The smallest absolute Gasteiger partial charge is 0.176 e. The van der Waals surface area contributed by atoms with Gasteiger partial charge in [0, 0.05) is 14.2 Å². The molecule has 122 valence electrons. The van der Waals surface area contributed by atoms with Crippen LogP contribution in [0.15, 0.2) is 72.3 Å². The molecule has 0 aromatic heterocycles. The third kappa shape index (κ3) is 5.32. The van der Waals surface area contributed by atoms with Crippen LogP contribution in [0, 0.1) is 0 Å². The summed E-state index contributed by atoms with van der Waals surface area (Å²) in [7, 11) is 3.24. The molecule has 3 heteroatoms. The zero-order valence-corrected chi connectivity index (χ0v) is 13.9. The molecule has 0 unspecified atom stereocenters. The van der Waals surface area contributed by atoms with E-state index in [1.165, 1.54) is 0 Å². The molecule has 0 spiro atoms. The summed E-state index contributed by atoms with van der Waals surface area (Å²) in [5.74, 6) is 0. The van der Waals surface area contributed by atoms with E-state index in [1.807, 2.05) is 49.4 Å². The Bertz CT molecular complexity index is 549. The van der Waals surface area contributed by atoms with Gasteiger partial charge in [-0.1, -0.05) is 60.7 Å². The minimum Gasteiger partial charge on any atom is -0.364 e. The molecule has 0 saturated carbocycles. The molecule has 0 aliphatic heterocycles. The van der Waals surface area contributed by atoms with Crippen LogP contribution in [-0.4, -0.2) is 27.1 Å². The average molecular weight is 312 g/mol. The monoisotopic (exact) mass is 312 g/mol. The van der Waals surface area contributed by atoms with Gasteiger partial charge in [-0.05, 0) is 29.7 Å². The van der Waals surface area contributed by atoms with Crippen LogP contribution in [0.2, 0.25) is 0 Å². The van der Waals surface area contributed by atoms with Crippen LogP contribution in [0.3, 0.4) is 0 Å². The topological polar surface area (TPSA) is 27.7 Å². The van der Waals surface area contributed by atoms with Gasteiger partial charge in [0.2, 0.25) is 0 Å². The highest BCUT2D eigenvalue weighted by atomic mass is 16.7. The Kier molecular flexibility index (Phi) is 7.01. The summed E-state index contributed by atoms with van der Waals surface area (Å²) in [6.07, 6.45) is 1.49. The number of methoxy groups -OCH3 is 2. The van der Waals surface area contributed by atoms with Crippen LogP contribution in [0.5, 0.6) is 0 Å². The second-order valence-corrected chi connectivity index (χ2v) is 5.37. The van der Waals surface area contributed by atoms with Crippen LogP contribution in [0.4, 0.5) is 0 Å². The zero-order chi connectivity index (χ0) is 16.5. The lowest BCUT2D eigenvalue weighted by molar-refractivity contribution is -0.0676. The molecule has 0 fully saturated rings. The molecule has 2 rings (SSSR count). The molecule has 0 heterocycles. The quantitative estimate of drug-likeness (QED) is 0.535. The van der Waals surface area contributed by atoms with E-state index in [0.717, 1.165) is 16.7 Å². The predicted molar refractivity (Wildman–Crippen MR) is 92.2 cm³/mol. The molecule has 0 N–H and O–H groups in total. The summed E-state index contributed by atoms with van der Waals surface area (Å²) in [6.45, 7) is 2.52. The van der Waals surface area contributed by atoms with E-state index < -0.39 is 0 Å². The van der Waals surface area contributed by atoms with Crippen LogP contribution in [0.1, 0.15) is 24.2 Å². The van der Waals surface area contributed by atoms with Crippen LogP contribution >= 0.6 is 0 Å². The van der Waals surface area contributed by atoms with E-state index in [2.05, 4.69) is 24.3 Å². The molecule has 0 amide bonds. The summed E-state index contributed by atoms with van der Waals surface area (Å²) in [6, 6.07) is 20.5. The number of hydrogen-bond donors (Lipinski definition) is 0. The second-order valence-electron chi connectivity index (χ2n) is 5.37. The first-order valence-electron chi connectivity index (χ1n) is 7.69. The van der Waals surface area contributed by atoms with E-state index >= 15 is 0 Å². The minimum atomic E-state index is -0.342. The predicted octanol–water partition coefficient (Wildman–Crippen LogP) is 4.36. The minimum absolute atomic E-state index is 0.0933. The van der Waals surface area contributed by atoms with Crippen molar-refractivity contribution < 1.29 is 14.2 Å². The van der Waals surface area contributed by atoms with Gasteiger partial charge in [-0.3, -0.25) is 0 Å². The number of benzene rings is 2. The third-order valence-corrected chi connectivity index (χ3v) is 3.57. The summed E-state index contributed by atoms with van der Waals surface area (Å²) >= 11 is 0. The first-order valence-corrected chi connectivity index (χ1v) is 7.69. The molecule has 0 saturated heterocycles. The molecular weight excluding hydrogens is 288 g/mol. The Morgan fingerprint density at radius 3 is 1.78 bits per heavy atom. The van der Waals surface area contributed by atoms with E-state index in [4.69, 9.17) is 14.2 Å². The largest absolute Gasteiger partial charge is 0.364 e. The fraction of sp³-hybridized carbons (Fsp3) is 0.300. The van der Waals surface area contributed by atoms with Crippen LogP contribution in [-0.2, 0) is 14.2 Å². The lowest BCUT2D eigenvalue weighted by atomic mass is 10.0. The van der Waals surface area contributed by atoms with Crippen LogP contribution < -0.4 is 0 Å². The van der Waals surface area contributed by atoms with Crippen molar-refractivity contribution in [3.63, 3.8) is 0 Å². The normalized spacial score (nSPS) is 12.1. The van der Waals surface area contributed by atoms with Gasteiger partial charge in [0.1, 0.15) is 6.10 Å². The molecular formula is C20H24O3. The Morgan fingerprint density at radius 2 is 1.35 bits per heavy atom. The molecule has 0 atom stereocenters. The SMILES string of the molecule is COC(/C=C(\C)COC(c1ccccc1)c1ccccc1)OC. The van der Waals surface area contributed by atoms with Crippen molar-refractivity contribution in [3.05, 3.63) is 83.4 Å². The van der Waals surface area contributed by atoms with Crippen LogP contribution in [0.25, 0.3) is 0 Å². The Morgan fingerprint density at radius 1 is 0.870 bits per heavy atom. The van der Waals surface area contributed by atoms with Gasteiger partial charge in [-0.15, -0.1) is 0 Å². The highest BCUT2D eigenvalue weighted by Crippen LogP contribution is 2.26. The maximum absolute atomic E-state index is 6.19. The lowest BCUT2D eigenvalue weighted by Crippen LogP contribution is -2.12. The average Bonchev–Trinajstić information content (AvgIpc) is 2.61. The number of rotatable bonds is 8. The molecule has 23 heavy (non-hydrogen) atoms. The van der Waals surface area contributed by atoms with Crippen molar-refractivity contribution in [2.75, 3.05) is 20.8 Å². The molecule has 3 nitrogen and oxygen atoms in total. The Labute approximate surface area is 138 Å². The summed E-state index contributed by atoms with van der Waals surface area (Å²) in [4.78, 5) is 0. The molecule has 0 aliphatic rings. The van der Waals surface area contributed by atoms with Crippen molar-refractivity contribution >= 4 is 0 Å². The first-order chi connectivity index (χ1) is 11.2. The van der Waals surface area contributed by atoms with Gasteiger partial charge in [0.15, 0.2) is 6.29 Å². The molecule has 0 aliphatic carbocycles. The first kappa shape index (κ1) is 17.4. The highest BCUT2D eigenvalue weighted by Gasteiger charge is 2.14. The molecule has 0 bridgehead atoms. The van der Waals surface area contributed by atoms with Crippen molar-refractivity contribution in [3.8, 4) is 0 Å². The fourth-order valence-electron chi connectivity index (χ4n) is 2.37. The van der Waals surface area contributed by atoms with Crippen molar-refractivity contribution in [1.29, 1.82) is 0 Å². The standard InChI is InChI=1S/C20H24O3/c1-16(14-19(21-2)22-3)15-23-20(17-10-6-4-7-11-17)18-12-8-5-9-13-18/h4-14,19-20H,15H2,1-3H3/b16-14+. The van der Waals surface area contributed by atoms with E-state index in [1.54, 1.807) is 14.2 Å². The number of ether oxygens (including phenoxy) is 3. The Hall–Kier alpha value is -1.94. The molecule has 0 radical (unpaired) electrons. The van der Waals surface area contributed by atoms with Gasteiger partial charge in [0.05, 0.1) is 6.61 Å². The van der Waals surface area contributed by atoms with Gasteiger partial charge >= 0.3 is 0 Å². The van der Waals surface area contributed by atoms with E-state index in [9.17, 15) is 0 Å².